The average Bonchev–Trinajstić information content (AvgIpc) is 2.82. The Morgan fingerprint density at radius 2 is 1.39 bits per heavy atom. The summed E-state index contributed by atoms with van der Waals surface area (Å²) >= 11 is 0. The van der Waals surface area contributed by atoms with Gasteiger partial charge in [-0.3, -0.25) is 4.79 Å². The molecule has 0 unspecified atom stereocenters. The maximum atomic E-state index is 12.1. The largest absolute Gasteiger partial charge is 0.457 e. The summed E-state index contributed by atoms with van der Waals surface area (Å²) in [6.45, 7) is 12.8. The molecule has 0 saturated carbocycles. The van der Waals surface area contributed by atoms with Crippen LogP contribution < -0.4 is 0 Å². The van der Waals surface area contributed by atoms with Crippen molar-refractivity contribution in [1.29, 1.82) is 0 Å². The Labute approximate surface area is 215 Å². The predicted molar refractivity (Wildman–Crippen MR) is 140 cm³/mol. The molecule has 1 saturated heterocycles. The van der Waals surface area contributed by atoms with Crippen LogP contribution in [0.15, 0.2) is 60.7 Å². The summed E-state index contributed by atoms with van der Waals surface area (Å²) in [4.78, 5) is 12.1. The maximum absolute atomic E-state index is 12.1. The van der Waals surface area contributed by atoms with E-state index in [1.54, 1.807) is 0 Å². The number of aliphatic hydroxyl groups excluding tert-OH is 1. The van der Waals surface area contributed by atoms with Gasteiger partial charge in [-0.05, 0) is 29.3 Å². The smallest absolute Gasteiger partial charge is 0.303 e. The molecule has 2 aromatic carbocycles. The highest BCUT2D eigenvalue weighted by atomic mass is 28.4. The van der Waals surface area contributed by atoms with Gasteiger partial charge in [0.05, 0.1) is 19.8 Å². The number of benzene rings is 2. The topological polar surface area (TPSA) is 83.5 Å². The van der Waals surface area contributed by atoms with Crippen molar-refractivity contribution in [2.45, 2.75) is 89.7 Å². The second-order valence-corrected chi connectivity index (χ2v) is 15.5. The fourth-order valence-corrected chi connectivity index (χ4v) is 4.79. The lowest BCUT2D eigenvalue weighted by Crippen LogP contribution is -2.62. The van der Waals surface area contributed by atoms with E-state index in [1.807, 2.05) is 60.7 Å². The van der Waals surface area contributed by atoms with E-state index in [0.29, 0.717) is 0 Å². The van der Waals surface area contributed by atoms with Gasteiger partial charge in [0.2, 0.25) is 0 Å². The van der Waals surface area contributed by atoms with E-state index >= 15 is 0 Å². The monoisotopic (exact) mass is 516 g/mol. The highest BCUT2D eigenvalue weighted by molar-refractivity contribution is 6.74. The van der Waals surface area contributed by atoms with Crippen molar-refractivity contribution < 1.29 is 33.3 Å². The predicted octanol–water partition coefficient (Wildman–Crippen LogP) is 4.83. The van der Waals surface area contributed by atoms with Gasteiger partial charge in [0, 0.05) is 6.92 Å². The maximum Gasteiger partial charge on any atom is 0.303 e. The summed E-state index contributed by atoms with van der Waals surface area (Å²) in [5, 5.41) is 11.0. The SMILES string of the molecule is CC(=O)O[C@H]1[C@H](OCc2ccccc2)[C@@H](O)O[C@H](CO[Si](C)(C)C(C)(C)C)[C@H]1OCc1ccccc1. The molecule has 2 aromatic rings. The third kappa shape index (κ3) is 7.71. The van der Waals surface area contributed by atoms with Crippen LogP contribution >= 0.6 is 0 Å². The van der Waals surface area contributed by atoms with E-state index < -0.39 is 45.0 Å². The summed E-state index contributed by atoms with van der Waals surface area (Å²) in [5.74, 6) is -0.486. The first-order chi connectivity index (χ1) is 17.0. The molecule has 1 fully saturated rings. The van der Waals surface area contributed by atoms with Crippen molar-refractivity contribution in [3.63, 3.8) is 0 Å². The van der Waals surface area contributed by atoms with E-state index in [4.69, 9.17) is 23.4 Å². The summed E-state index contributed by atoms with van der Waals surface area (Å²) in [6.07, 6.45) is -4.49. The molecule has 1 aliphatic heterocycles. The van der Waals surface area contributed by atoms with Gasteiger partial charge in [0.25, 0.3) is 0 Å². The lowest BCUT2D eigenvalue weighted by molar-refractivity contribution is -0.308. The Hall–Kier alpha value is -2.07. The first kappa shape index (κ1) is 28.5. The Balaban J connectivity index is 1.84. The molecule has 1 heterocycles. The number of aliphatic hydroxyl groups is 1. The van der Waals surface area contributed by atoms with Gasteiger partial charge in [-0.25, -0.2) is 0 Å². The van der Waals surface area contributed by atoms with Crippen LogP contribution in [0.3, 0.4) is 0 Å². The zero-order valence-corrected chi connectivity index (χ0v) is 23.2. The van der Waals surface area contributed by atoms with Crippen LogP contribution in [0.1, 0.15) is 38.8 Å². The molecule has 0 radical (unpaired) electrons. The molecule has 5 atom stereocenters. The van der Waals surface area contributed by atoms with Crippen molar-refractivity contribution in [2.75, 3.05) is 6.61 Å². The van der Waals surface area contributed by atoms with Gasteiger partial charge in [0.15, 0.2) is 20.7 Å². The quantitative estimate of drug-likeness (QED) is 0.358. The van der Waals surface area contributed by atoms with Crippen LogP contribution in [0.5, 0.6) is 0 Å². The van der Waals surface area contributed by atoms with Crippen LogP contribution in [0.4, 0.5) is 0 Å². The van der Waals surface area contributed by atoms with Gasteiger partial charge in [-0.15, -0.1) is 0 Å². The highest BCUT2D eigenvalue weighted by Crippen LogP contribution is 2.37. The second-order valence-electron chi connectivity index (χ2n) is 10.7. The molecule has 1 N–H and O–H groups in total. The Morgan fingerprint density at radius 3 is 1.86 bits per heavy atom. The van der Waals surface area contributed by atoms with Gasteiger partial charge in [-0.2, -0.15) is 0 Å². The molecule has 36 heavy (non-hydrogen) atoms. The fraction of sp³-hybridized carbons (Fsp3) is 0.536. The zero-order valence-electron chi connectivity index (χ0n) is 22.2. The number of carbonyl (C=O) groups excluding carboxylic acids is 1. The van der Waals surface area contributed by atoms with Crippen molar-refractivity contribution in [3.8, 4) is 0 Å². The van der Waals surface area contributed by atoms with Gasteiger partial charge in [0.1, 0.15) is 18.3 Å². The van der Waals surface area contributed by atoms with Crippen LogP contribution in [0.25, 0.3) is 0 Å². The van der Waals surface area contributed by atoms with Crippen molar-refractivity contribution >= 4 is 14.3 Å². The second kappa shape index (κ2) is 12.4. The molecule has 0 aromatic heterocycles. The average molecular weight is 517 g/mol. The fourth-order valence-electron chi connectivity index (χ4n) is 3.77. The molecule has 8 heteroatoms. The van der Waals surface area contributed by atoms with E-state index in [1.165, 1.54) is 6.92 Å². The molecule has 0 spiro atoms. The number of esters is 1. The molecule has 3 rings (SSSR count). The number of ether oxygens (including phenoxy) is 4. The minimum absolute atomic E-state index is 0.00269. The summed E-state index contributed by atoms with van der Waals surface area (Å²) < 4.78 is 30.5. The minimum atomic E-state index is -2.11. The van der Waals surface area contributed by atoms with E-state index in [2.05, 4.69) is 33.9 Å². The lowest BCUT2D eigenvalue weighted by atomic mass is 9.98. The van der Waals surface area contributed by atoms with Crippen molar-refractivity contribution in [3.05, 3.63) is 71.8 Å². The number of rotatable bonds is 10. The molecular formula is C28H40O7Si. The normalized spacial score (nSPS) is 24.9. The molecular weight excluding hydrogens is 476 g/mol. The molecule has 0 bridgehead atoms. The van der Waals surface area contributed by atoms with Crippen LogP contribution in [-0.4, -0.2) is 56.7 Å². The number of carbonyl (C=O) groups is 1. The van der Waals surface area contributed by atoms with Gasteiger partial charge < -0.3 is 28.5 Å². The zero-order chi connectivity index (χ0) is 26.3. The molecule has 7 nitrogen and oxygen atoms in total. The first-order valence-corrected chi connectivity index (χ1v) is 15.3. The summed E-state index contributed by atoms with van der Waals surface area (Å²) in [7, 11) is -2.11. The highest BCUT2D eigenvalue weighted by Gasteiger charge is 2.50. The molecule has 0 amide bonds. The Kier molecular flexibility index (Phi) is 9.85. The third-order valence-corrected chi connectivity index (χ3v) is 11.4. The van der Waals surface area contributed by atoms with Crippen molar-refractivity contribution in [1.82, 2.24) is 0 Å². The van der Waals surface area contributed by atoms with E-state index in [9.17, 15) is 9.90 Å². The molecule has 198 valence electrons. The summed E-state index contributed by atoms with van der Waals surface area (Å²) in [6, 6.07) is 19.3. The van der Waals surface area contributed by atoms with Gasteiger partial charge >= 0.3 is 5.97 Å². The Bertz CT molecular complexity index is 945. The lowest BCUT2D eigenvalue weighted by Gasteiger charge is -2.45. The first-order valence-electron chi connectivity index (χ1n) is 12.4. The third-order valence-electron chi connectivity index (χ3n) is 6.90. The summed E-state index contributed by atoms with van der Waals surface area (Å²) in [5.41, 5.74) is 1.90. The Morgan fingerprint density at radius 1 is 0.889 bits per heavy atom. The van der Waals surface area contributed by atoms with E-state index in [0.717, 1.165) is 11.1 Å². The number of hydrogen-bond donors (Lipinski definition) is 1. The standard InChI is InChI=1S/C28H40O7Si/c1-20(29)34-25-24(31-17-21-13-9-7-10-14-21)23(19-33-36(5,6)28(2,3)4)35-27(30)26(25)32-18-22-15-11-8-12-16-22/h7-16,23-27,30H,17-19H2,1-6H3/t23-,24-,25-,26+,27+/m1/s1. The van der Waals surface area contributed by atoms with Gasteiger partial charge in [-0.1, -0.05) is 81.4 Å². The molecule has 1 aliphatic rings. The van der Waals surface area contributed by atoms with Crippen molar-refractivity contribution in [2.24, 2.45) is 0 Å². The van der Waals surface area contributed by atoms with Crippen LogP contribution in [0.2, 0.25) is 18.1 Å². The van der Waals surface area contributed by atoms with E-state index in [-0.39, 0.29) is 24.9 Å². The minimum Gasteiger partial charge on any atom is -0.457 e. The molecule has 0 aliphatic carbocycles. The van der Waals surface area contributed by atoms with Crippen LogP contribution in [-0.2, 0) is 41.4 Å². The number of hydrogen-bond acceptors (Lipinski definition) is 7. The van der Waals surface area contributed by atoms with Crippen LogP contribution in [0, 0.1) is 0 Å².